The van der Waals surface area contributed by atoms with Crippen LogP contribution in [0.5, 0.6) is 0 Å². The number of ketones is 1. The van der Waals surface area contributed by atoms with Gasteiger partial charge in [-0.2, -0.15) is 0 Å². The second kappa shape index (κ2) is 7.42. The number of furan rings is 1. The molecule has 0 unspecified atom stereocenters. The van der Waals surface area contributed by atoms with Gasteiger partial charge in [-0.05, 0) is 35.2 Å². The van der Waals surface area contributed by atoms with Crippen LogP contribution in [0.2, 0.25) is 5.02 Å². The molecule has 4 rings (SSSR count). The number of aromatic carboxylic acids is 1. The number of rotatable bonds is 5. The highest BCUT2D eigenvalue weighted by Gasteiger charge is 2.24. The Balaban J connectivity index is 1.71. The lowest BCUT2D eigenvalue weighted by molar-refractivity contribution is 0.0697. The van der Waals surface area contributed by atoms with E-state index in [0.29, 0.717) is 5.58 Å². The summed E-state index contributed by atoms with van der Waals surface area (Å²) >= 11 is 6.52. The average molecular weight is 433 g/mol. The van der Waals surface area contributed by atoms with Gasteiger partial charge >= 0.3 is 5.97 Å². The smallest absolute Gasteiger partial charge is 0.337 e. The number of hydrogen-bond donors (Lipinski definition) is 1. The molecule has 0 aliphatic rings. The number of carboxylic acid groups (broad SMARTS) is 1. The molecule has 2 aromatic carbocycles. The monoisotopic (exact) mass is 432 g/mol. The lowest BCUT2D eigenvalue weighted by Crippen LogP contribution is -2.07. The van der Waals surface area contributed by atoms with E-state index in [1.807, 2.05) is 6.07 Å². The van der Waals surface area contributed by atoms with Crippen LogP contribution in [0.1, 0.15) is 25.8 Å². The van der Waals surface area contributed by atoms with Crippen LogP contribution in [-0.4, -0.2) is 16.9 Å². The fourth-order valence-corrected chi connectivity index (χ4v) is 4.19. The predicted octanol–water partition coefficient (Wildman–Crippen LogP) is 6.22. The van der Waals surface area contributed by atoms with Gasteiger partial charge < -0.3 is 9.52 Å². The maximum Gasteiger partial charge on any atom is 0.337 e. The second-order valence-electron chi connectivity index (χ2n) is 6.26. The van der Waals surface area contributed by atoms with Crippen molar-refractivity contribution >= 4 is 45.7 Å². The molecule has 4 aromatic rings. The van der Waals surface area contributed by atoms with Crippen LogP contribution in [0.15, 0.2) is 52.3 Å². The first kappa shape index (κ1) is 19.3. The third kappa shape index (κ3) is 3.54. The van der Waals surface area contributed by atoms with Crippen molar-refractivity contribution < 1.29 is 27.9 Å². The fourth-order valence-electron chi connectivity index (χ4n) is 3.04. The number of Topliss-reactive ketones (excluding diaryl/α,β-unsaturated/α-hetero) is 1. The Bertz CT molecular complexity index is 1220. The molecule has 29 heavy (non-hydrogen) atoms. The number of hydrogen-bond acceptors (Lipinski definition) is 4. The van der Waals surface area contributed by atoms with E-state index < -0.39 is 28.4 Å². The van der Waals surface area contributed by atoms with Crippen LogP contribution in [-0.2, 0) is 6.42 Å². The number of halogens is 3. The van der Waals surface area contributed by atoms with Gasteiger partial charge in [0.25, 0.3) is 0 Å². The highest BCUT2D eigenvalue weighted by Crippen LogP contribution is 2.35. The molecule has 0 radical (unpaired) electrons. The number of fused-ring (bicyclic) bond motifs is 1. The van der Waals surface area contributed by atoms with E-state index in [0.717, 1.165) is 28.9 Å². The minimum atomic E-state index is -1.30. The van der Waals surface area contributed by atoms with Gasteiger partial charge in [0.2, 0.25) is 5.78 Å². The Kier molecular flexibility index (Phi) is 4.94. The van der Waals surface area contributed by atoms with Gasteiger partial charge in [-0.3, -0.25) is 4.79 Å². The third-order valence-corrected chi connectivity index (χ3v) is 5.74. The molecular weight excluding hydrogens is 422 g/mol. The molecule has 2 aromatic heterocycles. The number of carbonyl (C=O) groups excluding carboxylic acids is 1. The number of para-hydroxylation sites is 1. The minimum absolute atomic E-state index is 0.0282. The first-order chi connectivity index (χ1) is 13.8. The highest BCUT2D eigenvalue weighted by atomic mass is 35.5. The Labute approximate surface area is 172 Å². The highest BCUT2D eigenvalue weighted by molar-refractivity contribution is 7.11. The molecule has 0 aliphatic heterocycles. The minimum Gasteiger partial charge on any atom is -0.478 e. The van der Waals surface area contributed by atoms with Crippen LogP contribution in [0.4, 0.5) is 8.78 Å². The summed E-state index contributed by atoms with van der Waals surface area (Å²) in [4.78, 5) is 24.7. The van der Waals surface area contributed by atoms with Gasteiger partial charge in [0.1, 0.15) is 22.2 Å². The summed E-state index contributed by atoms with van der Waals surface area (Å²) < 4.78 is 33.2. The van der Waals surface area contributed by atoms with E-state index in [2.05, 4.69) is 0 Å². The van der Waals surface area contributed by atoms with Crippen molar-refractivity contribution in [1.29, 1.82) is 0 Å². The van der Waals surface area contributed by atoms with Crippen molar-refractivity contribution in [1.82, 2.24) is 0 Å². The normalized spacial score (nSPS) is 11.1. The summed E-state index contributed by atoms with van der Waals surface area (Å²) in [5.41, 5.74) is 0.513. The molecule has 2 heterocycles. The van der Waals surface area contributed by atoms with Crippen molar-refractivity contribution in [3.63, 3.8) is 0 Å². The maximum atomic E-state index is 13.8. The number of carbonyl (C=O) groups is 2. The van der Waals surface area contributed by atoms with E-state index >= 15 is 0 Å². The number of carboxylic acids is 1. The standard InChI is InChI=1S/C21H11ClF2O4S/c22-20-13(23)5-11(6-14(20)24)12-9-29-18(19(12)21(26)27)8-15(25)17-7-10-3-1-2-4-16(10)28-17/h1-7,9H,8H2,(H,26,27). The Hall–Kier alpha value is -3.03. The molecule has 146 valence electrons. The maximum absolute atomic E-state index is 13.8. The quantitative estimate of drug-likeness (QED) is 0.300. The van der Waals surface area contributed by atoms with Crippen molar-refractivity contribution in [3.8, 4) is 11.1 Å². The molecule has 8 heteroatoms. The van der Waals surface area contributed by atoms with Gasteiger partial charge in [-0.25, -0.2) is 13.6 Å². The first-order valence-corrected chi connectivity index (χ1v) is 9.61. The SMILES string of the molecule is O=C(Cc1scc(-c2cc(F)c(Cl)c(F)c2)c1C(=O)O)c1cc2ccccc2o1. The molecule has 0 amide bonds. The molecular formula is C21H11ClF2O4S. The zero-order valence-corrected chi connectivity index (χ0v) is 16.1. The summed E-state index contributed by atoms with van der Waals surface area (Å²) in [6.07, 6.45) is -0.218. The van der Waals surface area contributed by atoms with Crippen LogP contribution in [0.3, 0.4) is 0 Å². The van der Waals surface area contributed by atoms with Crippen molar-refractivity contribution in [3.05, 3.63) is 80.7 Å². The van der Waals surface area contributed by atoms with Crippen LogP contribution in [0, 0.1) is 11.6 Å². The van der Waals surface area contributed by atoms with Gasteiger partial charge in [0.05, 0.1) is 5.56 Å². The largest absolute Gasteiger partial charge is 0.478 e. The molecule has 0 atom stereocenters. The van der Waals surface area contributed by atoms with Crippen molar-refractivity contribution in [2.24, 2.45) is 0 Å². The van der Waals surface area contributed by atoms with Crippen molar-refractivity contribution in [2.75, 3.05) is 0 Å². The van der Waals surface area contributed by atoms with E-state index in [9.17, 15) is 23.5 Å². The van der Waals surface area contributed by atoms with Crippen LogP contribution in [0.25, 0.3) is 22.1 Å². The van der Waals surface area contributed by atoms with Gasteiger partial charge in [-0.15, -0.1) is 11.3 Å². The summed E-state index contributed by atoms with van der Waals surface area (Å²) in [7, 11) is 0. The van der Waals surface area contributed by atoms with E-state index in [1.54, 1.807) is 24.3 Å². The molecule has 0 saturated heterocycles. The van der Waals surface area contributed by atoms with Crippen LogP contribution >= 0.6 is 22.9 Å². The van der Waals surface area contributed by atoms with Crippen molar-refractivity contribution in [2.45, 2.75) is 6.42 Å². The van der Waals surface area contributed by atoms with E-state index in [4.69, 9.17) is 16.0 Å². The lowest BCUT2D eigenvalue weighted by Gasteiger charge is -2.05. The summed E-state index contributed by atoms with van der Waals surface area (Å²) in [5.74, 6) is -3.58. The fraction of sp³-hybridized carbons (Fsp3) is 0.0476. The molecule has 0 saturated carbocycles. The van der Waals surface area contributed by atoms with Gasteiger partial charge in [-0.1, -0.05) is 29.8 Å². The Morgan fingerprint density at radius 3 is 2.45 bits per heavy atom. The first-order valence-electron chi connectivity index (χ1n) is 8.35. The summed E-state index contributed by atoms with van der Waals surface area (Å²) in [6.45, 7) is 0. The van der Waals surface area contributed by atoms with E-state index in [1.165, 1.54) is 5.38 Å². The molecule has 1 N–H and O–H groups in total. The topological polar surface area (TPSA) is 67.5 Å². The molecule has 4 nitrogen and oxygen atoms in total. The number of benzene rings is 2. The Morgan fingerprint density at radius 2 is 1.79 bits per heavy atom. The van der Waals surface area contributed by atoms with Gasteiger partial charge in [0, 0.05) is 22.2 Å². The summed E-state index contributed by atoms with van der Waals surface area (Å²) in [6, 6.07) is 10.6. The molecule has 0 aliphatic carbocycles. The lowest BCUT2D eigenvalue weighted by atomic mass is 10.0. The zero-order chi connectivity index (χ0) is 20.7. The van der Waals surface area contributed by atoms with Crippen LogP contribution < -0.4 is 0 Å². The predicted molar refractivity (Wildman–Crippen MR) is 106 cm³/mol. The Morgan fingerprint density at radius 1 is 1.10 bits per heavy atom. The van der Waals surface area contributed by atoms with Gasteiger partial charge in [0.15, 0.2) is 5.76 Å². The third-order valence-electron chi connectivity index (χ3n) is 4.40. The molecule has 0 bridgehead atoms. The summed E-state index contributed by atoms with van der Waals surface area (Å²) in [5, 5.41) is 11.2. The second-order valence-corrected chi connectivity index (χ2v) is 7.60. The zero-order valence-electron chi connectivity index (χ0n) is 14.5. The average Bonchev–Trinajstić information content (AvgIpc) is 3.29. The van der Waals surface area contributed by atoms with E-state index in [-0.39, 0.29) is 33.7 Å². The molecule has 0 spiro atoms. The number of thiophene rings is 1. The molecule has 0 fully saturated rings.